The second kappa shape index (κ2) is 6.23. The Kier molecular flexibility index (Phi) is 4.10. The van der Waals surface area contributed by atoms with Gasteiger partial charge in [0.1, 0.15) is 5.75 Å². The summed E-state index contributed by atoms with van der Waals surface area (Å²) < 4.78 is 40.7. The van der Waals surface area contributed by atoms with E-state index in [4.69, 9.17) is 0 Å². The summed E-state index contributed by atoms with van der Waals surface area (Å²) in [5.74, 6) is -0.442. The van der Waals surface area contributed by atoms with Crippen LogP contribution in [0, 0.1) is 6.92 Å². The molecule has 0 amide bonds. The summed E-state index contributed by atoms with van der Waals surface area (Å²) in [6.45, 7) is 4.48. The molecule has 0 aliphatic carbocycles. The molecule has 3 heterocycles. The minimum Gasteiger partial charge on any atom is -0.507 e. The van der Waals surface area contributed by atoms with Crippen LogP contribution in [0.4, 0.5) is 13.2 Å². The van der Waals surface area contributed by atoms with Gasteiger partial charge in [0, 0.05) is 29.7 Å². The van der Waals surface area contributed by atoms with Crippen LogP contribution >= 0.6 is 0 Å². The van der Waals surface area contributed by atoms with Gasteiger partial charge in [-0.25, -0.2) is 4.98 Å². The van der Waals surface area contributed by atoms with Crippen LogP contribution in [0.3, 0.4) is 0 Å². The molecule has 3 aromatic rings. The number of nitrogens with one attached hydrogen (secondary N) is 1. The number of aromatic hydroxyl groups is 1. The third kappa shape index (κ3) is 3.25. The highest BCUT2D eigenvalue weighted by atomic mass is 19.4. The van der Waals surface area contributed by atoms with Gasteiger partial charge in [-0.15, -0.1) is 0 Å². The number of halogens is 3. The van der Waals surface area contributed by atoms with Gasteiger partial charge in [0.05, 0.1) is 17.3 Å². The molecule has 1 aliphatic heterocycles. The number of phenols is 1. The Morgan fingerprint density at radius 2 is 2.04 bits per heavy atom. The molecule has 1 fully saturated rings. The molecule has 2 aromatic heterocycles. The Morgan fingerprint density at radius 1 is 1.26 bits per heavy atom. The molecule has 142 valence electrons. The van der Waals surface area contributed by atoms with Gasteiger partial charge in [-0.3, -0.25) is 4.68 Å². The van der Waals surface area contributed by atoms with Crippen molar-refractivity contribution in [1.82, 2.24) is 20.1 Å². The summed E-state index contributed by atoms with van der Waals surface area (Å²) in [5, 5.41) is 19.0. The van der Waals surface area contributed by atoms with Crippen molar-refractivity contribution in [2.45, 2.75) is 38.5 Å². The normalized spacial score (nSPS) is 20.5. The number of pyridine rings is 1. The van der Waals surface area contributed by atoms with Crippen LogP contribution < -0.4 is 5.32 Å². The van der Waals surface area contributed by atoms with Crippen LogP contribution in [0.5, 0.6) is 5.75 Å². The molecule has 0 saturated carbocycles. The molecule has 0 bridgehead atoms. The molecule has 27 heavy (non-hydrogen) atoms. The Bertz CT molecular complexity index is 989. The van der Waals surface area contributed by atoms with Gasteiger partial charge in [-0.2, -0.15) is 18.3 Å². The fourth-order valence-electron chi connectivity index (χ4n) is 3.63. The fourth-order valence-corrected chi connectivity index (χ4v) is 3.63. The third-order valence-corrected chi connectivity index (χ3v) is 4.99. The zero-order valence-corrected chi connectivity index (χ0v) is 14.9. The SMILES string of the molecule is Cc1cc(C(F)(F)F)cc(O)c1-c1ccc2cn([C@H]3CN[C@H](C)C3)nc2n1. The van der Waals surface area contributed by atoms with Gasteiger partial charge in [-0.05, 0) is 50.1 Å². The first kappa shape index (κ1) is 17.8. The number of phenolic OH excluding ortho intramolecular Hbond substituents is 1. The van der Waals surface area contributed by atoms with Gasteiger partial charge in [0.15, 0.2) is 5.65 Å². The van der Waals surface area contributed by atoms with Crippen molar-refractivity contribution < 1.29 is 18.3 Å². The van der Waals surface area contributed by atoms with Crippen LogP contribution in [-0.2, 0) is 6.18 Å². The van der Waals surface area contributed by atoms with Gasteiger partial charge in [0.25, 0.3) is 0 Å². The molecule has 0 unspecified atom stereocenters. The van der Waals surface area contributed by atoms with Crippen molar-refractivity contribution in [2.24, 2.45) is 0 Å². The first-order valence-electron chi connectivity index (χ1n) is 8.73. The lowest BCUT2D eigenvalue weighted by Gasteiger charge is -2.13. The molecule has 0 radical (unpaired) electrons. The number of aromatic nitrogens is 3. The quantitative estimate of drug-likeness (QED) is 0.708. The molecular formula is C19H19F3N4O. The molecular weight excluding hydrogens is 357 g/mol. The fraction of sp³-hybridized carbons (Fsp3) is 0.368. The van der Waals surface area contributed by atoms with Crippen molar-refractivity contribution in [3.05, 3.63) is 41.6 Å². The highest BCUT2D eigenvalue weighted by molar-refractivity contribution is 5.80. The summed E-state index contributed by atoms with van der Waals surface area (Å²) in [5.41, 5.74) is 0.618. The average Bonchev–Trinajstić information content (AvgIpc) is 3.18. The largest absolute Gasteiger partial charge is 0.507 e. The lowest BCUT2D eigenvalue weighted by molar-refractivity contribution is -0.137. The number of aryl methyl sites for hydroxylation is 1. The Morgan fingerprint density at radius 3 is 2.67 bits per heavy atom. The second-order valence-corrected chi connectivity index (χ2v) is 7.10. The highest BCUT2D eigenvalue weighted by Crippen LogP contribution is 2.38. The number of hydrogen-bond donors (Lipinski definition) is 2. The van der Waals surface area contributed by atoms with E-state index in [0.29, 0.717) is 22.9 Å². The number of fused-ring (bicyclic) bond motifs is 1. The van der Waals surface area contributed by atoms with Crippen molar-refractivity contribution in [2.75, 3.05) is 6.54 Å². The Balaban J connectivity index is 1.74. The van der Waals surface area contributed by atoms with Gasteiger partial charge in [0.2, 0.25) is 0 Å². The van der Waals surface area contributed by atoms with Gasteiger partial charge in [-0.1, -0.05) is 0 Å². The molecule has 2 atom stereocenters. The van der Waals surface area contributed by atoms with Gasteiger partial charge < -0.3 is 10.4 Å². The minimum absolute atomic E-state index is 0.249. The number of nitrogens with zero attached hydrogens (tertiary/aromatic N) is 3. The maximum absolute atomic E-state index is 12.9. The standard InChI is InChI=1S/C19H19F3N4O/c1-10-5-13(19(20,21)22)7-16(27)17(10)15-4-3-12-9-26(25-18(12)24-15)14-6-11(2)23-8-14/h3-5,7,9,11,14,23,27H,6,8H2,1-2H3/t11-,14-/m1/s1. The predicted molar refractivity (Wildman–Crippen MR) is 95.5 cm³/mol. The summed E-state index contributed by atoms with van der Waals surface area (Å²) in [6, 6.07) is 5.95. The third-order valence-electron chi connectivity index (χ3n) is 4.99. The molecule has 1 aromatic carbocycles. The van der Waals surface area contributed by atoms with E-state index in [0.717, 1.165) is 30.5 Å². The van der Waals surface area contributed by atoms with E-state index in [1.54, 1.807) is 6.07 Å². The van der Waals surface area contributed by atoms with Crippen molar-refractivity contribution >= 4 is 11.0 Å². The summed E-state index contributed by atoms with van der Waals surface area (Å²) in [4.78, 5) is 4.48. The number of hydrogen-bond acceptors (Lipinski definition) is 4. The second-order valence-electron chi connectivity index (χ2n) is 7.10. The van der Waals surface area contributed by atoms with Crippen LogP contribution in [-0.4, -0.2) is 32.5 Å². The van der Waals surface area contributed by atoms with Gasteiger partial charge >= 0.3 is 6.18 Å². The number of alkyl halides is 3. The van der Waals surface area contributed by atoms with E-state index in [-0.39, 0.29) is 11.6 Å². The number of benzene rings is 1. The average molecular weight is 376 g/mol. The summed E-state index contributed by atoms with van der Waals surface area (Å²) in [7, 11) is 0. The smallest absolute Gasteiger partial charge is 0.416 e. The van der Waals surface area contributed by atoms with Crippen LogP contribution in [0.1, 0.15) is 30.5 Å². The van der Waals surface area contributed by atoms with Crippen molar-refractivity contribution in [3.63, 3.8) is 0 Å². The van der Waals surface area contributed by atoms with E-state index >= 15 is 0 Å². The summed E-state index contributed by atoms with van der Waals surface area (Å²) >= 11 is 0. The molecule has 0 spiro atoms. The molecule has 2 N–H and O–H groups in total. The summed E-state index contributed by atoms with van der Waals surface area (Å²) in [6.07, 6.45) is -1.61. The molecule has 1 aliphatic rings. The first-order chi connectivity index (χ1) is 12.7. The van der Waals surface area contributed by atoms with E-state index in [1.807, 2.05) is 16.9 Å². The van der Waals surface area contributed by atoms with E-state index < -0.39 is 17.5 Å². The molecule has 4 rings (SSSR count). The van der Waals surface area contributed by atoms with Crippen molar-refractivity contribution in [3.8, 4) is 17.0 Å². The maximum atomic E-state index is 12.9. The van der Waals surface area contributed by atoms with E-state index in [9.17, 15) is 18.3 Å². The lowest BCUT2D eigenvalue weighted by atomic mass is 10.00. The predicted octanol–water partition coefficient (Wildman–Crippen LogP) is 4.05. The number of rotatable bonds is 2. The van der Waals surface area contributed by atoms with E-state index in [2.05, 4.69) is 22.3 Å². The first-order valence-corrected chi connectivity index (χ1v) is 8.73. The van der Waals surface area contributed by atoms with Crippen LogP contribution in [0.25, 0.3) is 22.3 Å². The molecule has 8 heteroatoms. The minimum atomic E-state index is -4.51. The zero-order chi connectivity index (χ0) is 19.3. The zero-order valence-electron chi connectivity index (χ0n) is 14.9. The van der Waals surface area contributed by atoms with Crippen LogP contribution in [0.2, 0.25) is 0 Å². The van der Waals surface area contributed by atoms with Crippen molar-refractivity contribution in [1.29, 1.82) is 0 Å². The Hall–Kier alpha value is -2.61. The molecule has 1 saturated heterocycles. The lowest BCUT2D eigenvalue weighted by Crippen LogP contribution is -2.17. The van der Waals surface area contributed by atoms with E-state index in [1.165, 1.54) is 6.92 Å². The maximum Gasteiger partial charge on any atom is 0.416 e. The van der Waals surface area contributed by atoms with Crippen LogP contribution in [0.15, 0.2) is 30.5 Å². The topological polar surface area (TPSA) is 63.0 Å². The monoisotopic (exact) mass is 376 g/mol. The molecule has 5 nitrogen and oxygen atoms in total. The highest BCUT2D eigenvalue weighted by Gasteiger charge is 2.32. The Labute approximate surface area is 153 Å².